The third-order valence-corrected chi connectivity index (χ3v) is 7.42. The number of rotatable bonds is 5. The molecule has 2 aliphatic carbocycles. The van der Waals surface area contributed by atoms with Crippen molar-refractivity contribution in [1.82, 2.24) is 19.5 Å². The van der Waals surface area contributed by atoms with Crippen LogP contribution < -0.4 is 5.32 Å². The van der Waals surface area contributed by atoms with Gasteiger partial charge >= 0.3 is 0 Å². The summed E-state index contributed by atoms with van der Waals surface area (Å²) in [5.41, 5.74) is -0.0721. The Kier molecular flexibility index (Phi) is 6.04. The number of imidazole rings is 1. The fourth-order valence-corrected chi connectivity index (χ4v) is 5.73. The van der Waals surface area contributed by atoms with E-state index in [9.17, 15) is 23.1 Å². The Labute approximate surface area is 204 Å². The van der Waals surface area contributed by atoms with Gasteiger partial charge in [-0.25, -0.2) is 28.1 Å². The lowest BCUT2D eigenvalue weighted by molar-refractivity contribution is 0.0250. The zero-order chi connectivity index (χ0) is 24.9. The number of aliphatic hydroxyl groups is 1. The summed E-state index contributed by atoms with van der Waals surface area (Å²) in [7, 11) is 1.73. The van der Waals surface area contributed by atoms with E-state index in [1.54, 1.807) is 17.9 Å². The lowest BCUT2D eigenvalue weighted by Crippen LogP contribution is -2.26. The summed E-state index contributed by atoms with van der Waals surface area (Å²) in [6, 6.07) is 3.97. The van der Waals surface area contributed by atoms with Gasteiger partial charge in [-0.05, 0) is 55.7 Å². The van der Waals surface area contributed by atoms with Gasteiger partial charge in [0.05, 0.1) is 22.6 Å². The number of nitrogens with zero attached hydrogens (tertiary/aromatic N) is 4. The highest BCUT2D eigenvalue weighted by Crippen LogP contribution is 2.56. The Bertz CT molecular complexity index is 1250. The summed E-state index contributed by atoms with van der Waals surface area (Å²) in [5.74, 6) is -0.420. The molecule has 1 aromatic carbocycles. The van der Waals surface area contributed by atoms with Crippen molar-refractivity contribution in [2.24, 2.45) is 18.9 Å². The van der Waals surface area contributed by atoms with Crippen LogP contribution in [0.4, 0.5) is 18.9 Å². The molecule has 0 aliphatic heterocycles. The van der Waals surface area contributed by atoms with Gasteiger partial charge in [-0.1, -0.05) is 11.6 Å². The van der Waals surface area contributed by atoms with Gasteiger partial charge in [0.2, 0.25) is 0 Å². The van der Waals surface area contributed by atoms with E-state index in [4.69, 9.17) is 11.6 Å². The van der Waals surface area contributed by atoms with Crippen molar-refractivity contribution in [2.75, 3.05) is 5.32 Å². The Balaban J connectivity index is 1.30. The first-order chi connectivity index (χ1) is 16.6. The third kappa shape index (κ3) is 4.40. The lowest BCUT2D eigenvalue weighted by Gasteiger charge is -2.23. The topological polar surface area (TPSA) is 92.9 Å². The van der Waals surface area contributed by atoms with Crippen molar-refractivity contribution < 1.29 is 23.1 Å². The van der Waals surface area contributed by atoms with Crippen LogP contribution in [0.25, 0.3) is 0 Å². The van der Waals surface area contributed by atoms with Gasteiger partial charge in [-0.3, -0.25) is 4.79 Å². The molecule has 2 unspecified atom stereocenters. The SMILES string of the molecule is Cn1cnc(C2CC3CC(O)(c4ncc(C(F)F)cn4)CC3C2)c1C(=O)Nc1ccc(F)c(Cl)c1. The number of hydrogen-bond acceptors (Lipinski definition) is 5. The van der Waals surface area contributed by atoms with Gasteiger partial charge in [0.1, 0.15) is 17.1 Å². The van der Waals surface area contributed by atoms with Crippen molar-refractivity contribution >= 4 is 23.2 Å². The minimum atomic E-state index is -2.66. The number of fused-ring (bicyclic) bond motifs is 1. The number of carbonyl (C=O) groups excluding carboxylic acids is 1. The van der Waals surface area contributed by atoms with Crippen molar-refractivity contribution in [3.63, 3.8) is 0 Å². The van der Waals surface area contributed by atoms with Crippen LogP contribution in [0.15, 0.2) is 36.9 Å². The molecule has 3 aromatic rings. The molecule has 184 valence electrons. The summed E-state index contributed by atoms with van der Waals surface area (Å²) >= 11 is 5.83. The molecule has 5 rings (SSSR count). The standard InChI is InChI=1S/C24H23ClF3N5O2/c1-33-11-31-19(20(33)22(34)32-16-2-3-18(26)17(25)6-16)12-4-13-7-24(35,8-14(13)5-12)23-29-9-15(10-30-23)21(27)28/h2-3,6,9-14,21,35H,4-5,7-8H2,1H3,(H,32,34). The van der Waals surface area contributed by atoms with E-state index in [1.165, 1.54) is 18.2 Å². The minimum Gasteiger partial charge on any atom is -0.382 e. The largest absolute Gasteiger partial charge is 0.382 e. The maximum Gasteiger partial charge on any atom is 0.274 e. The monoisotopic (exact) mass is 505 g/mol. The van der Waals surface area contributed by atoms with Crippen molar-refractivity contribution in [3.05, 3.63) is 70.5 Å². The van der Waals surface area contributed by atoms with Crippen LogP contribution >= 0.6 is 11.6 Å². The number of carbonyl (C=O) groups is 1. The van der Waals surface area contributed by atoms with Crippen LogP contribution in [0.2, 0.25) is 5.02 Å². The van der Waals surface area contributed by atoms with E-state index in [0.717, 1.165) is 25.2 Å². The van der Waals surface area contributed by atoms with E-state index < -0.39 is 17.8 Å². The molecule has 11 heteroatoms. The Hall–Kier alpha value is -2.98. The molecule has 2 N–H and O–H groups in total. The molecule has 2 aliphatic rings. The number of aryl methyl sites for hydroxylation is 1. The zero-order valence-electron chi connectivity index (χ0n) is 18.8. The fourth-order valence-electron chi connectivity index (χ4n) is 5.55. The molecule has 0 spiro atoms. The van der Waals surface area contributed by atoms with Gasteiger partial charge in [-0.2, -0.15) is 0 Å². The second kappa shape index (κ2) is 8.91. The van der Waals surface area contributed by atoms with Crippen molar-refractivity contribution in [3.8, 4) is 0 Å². The summed E-state index contributed by atoms with van der Waals surface area (Å²) in [5, 5.41) is 13.8. The highest BCUT2D eigenvalue weighted by Gasteiger charge is 2.51. The number of hydrogen-bond donors (Lipinski definition) is 2. The highest BCUT2D eigenvalue weighted by atomic mass is 35.5. The van der Waals surface area contributed by atoms with E-state index in [-0.39, 0.29) is 40.1 Å². The Morgan fingerprint density at radius 1 is 1.20 bits per heavy atom. The molecule has 0 radical (unpaired) electrons. The predicted octanol–water partition coefficient (Wildman–Crippen LogP) is 4.98. The predicted molar refractivity (Wildman–Crippen MR) is 122 cm³/mol. The molecule has 2 atom stereocenters. The minimum absolute atomic E-state index is 0.0235. The number of amides is 1. The first-order valence-electron chi connectivity index (χ1n) is 11.2. The molecule has 2 fully saturated rings. The number of nitrogens with one attached hydrogen (secondary N) is 1. The van der Waals surface area contributed by atoms with Crippen LogP contribution in [0, 0.1) is 17.7 Å². The highest BCUT2D eigenvalue weighted by molar-refractivity contribution is 6.31. The van der Waals surface area contributed by atoms with Crippen LogP contribution in [0.3, 0.4) is 0 Å². The maximum absolute atomic E-state index is 13.5. The number of aromatic nitrogens is 4. The van der Waals surface area contributed by atoms with E-state index in [2.05, 4.69) is 20.3 Å². The van der Waals surface area contributed by atoms with E-state index in [1.807, 2.05) is 0 Å². The average Bonchev–Trinajstić information content (AvgIpc) is 3.47. The summed E-state index contributed by atoms with van der Waals surface area (Å²) in [6.07, 6.45) is 3.35. The van der Waals surface area contributed by atoms with Gasteiger partial charge in [-0.15, -0.1) is 0 Å². The second-order valence-corrected chi connectivity index (χ2v) is 9.85. The van der Waals surface area contributed by atoms with Crippen LogP contribution in [-0.2, 0) is 12.6 Å². The van der Waals surface area contributed by atoms with Gasteiger partial charge in [0.25, 0.3) is 12.3 Å². The molecule has 0 saturated heterocycles. The molecule has 35 heavy (non-hydrogen) atoms. The zero-order valence-corrected chi connectivity index (χ0v) is 19.5. The van der Waals surface area contributed by atoms with Gasteiger partial charge < -0.3 is 15.0 Å². The number of benzene rings is 1. The van der Waals surface area contributed by atoms with Crippen molar-refractivity contribution in [2.45, 2.75) is 43.6 Å². The van der Waals surface area contributed by atoms with Crippen LogP contribution in [0.5, 0.6) is 0 Å². The number of alkyl halides is 2. The average molecular weight is 506 g/mol. The van der Waals surface area contributed by atoms with Crippen LogP contribution in [-0.4, -0.2) is 30.5 Å². The second-order valence-electron chi connectivity index (χ2n) is 9.44. The molecule has 2 heterocycles. The van der Waals surface area contributed by atoms with E-state index >= 15 is 0 Å². The molecule has 0 bridgehead atoms. The lowest BCUT2D eigenvalue weighted by atomic mass is 9.91. The molecular weight excluding hydrogens is 483 g/mol. The summed E-state index contributed by atoms with van der Waals surface area (Å²) in [4.78, 5) is 25.6. The molecule has 7 nitrogen and oxygen atoms in total. The van der Waals surface area contributed by atoms with E-state index in [0.29, 0.717) is 29.9 Å². The number of halogens is 4. The van der Waals surface area contributed by atoms with Crippen molar-refractivity contribution in [1.29, 1.82) is 0 Å². The summed E-state index contributed by atoms with van der Waals surface area (Å²) in [6.45, 7) is 0. The molecule has 1 amide bonds. The number of anilines is 1. The fraction of sp³-hybridized carbons (Fsp3) is 0.417. The van der Waals surface area contributed by atoms with Gasteiger partial charge in [0, 0.05) is 31.0 Å². The van der Waals surface area contributed by atoms with Crippen LogP contribution in [0.1, 0.15) is 65.6 Å². The smallest absolute Gasteiger partial charge is 0.274 e. The first-order valence-corrected chi connectivity index (χ1v) is 11.6. The molecular formula is C24H23ClF3N5O2. The Morgan fingerprint density at radius 2 is 1.86 bits per heavy atom. The maximum atomic E-state index is 13.5. The third-order valence-electron chi connectivity index (χ3n) is 7.13. The normalized spacial score (nSPS) is 25.7. The quantitative estimate of drug-likeness (QED) is 0.510. The molecule has 2 aromatic heterocycles. The van der Waals surface area contributed by atoms with Gasteiger partial charge in [0.15, 0.2) is 5.82 Å². The first kappa shape index (κ1) is 23.7. The summed E-state index contributed by atoms with van der Waals surface area (Å²) < 4.78 is 40.7. The molecule has 2 saturated carbocycles. The Morgan fingerprint density at radius 3 is 2.46 bits per heavy atom.